The van der Waals surface area contributed by atoms with Crippen LogP contribution in [-0.2, 0) is 6.18 Å². The Labute approximate surface area is 124 Å². The van der Waals surface area contributed by atoms with E-state index in [9.17, 15) is 22.4 Å². The molecule has 0 aliphatic rings. The number of benzene rings is 1. The van der Waals surface area contributed by atoms with Gasteiger partial charge in [0.05, 0.1) is 5.02 Å². The Hall–Kier alpha value is -1.80. The highest BCUT2D eigenvalue weighted by Crippen LogP contribution is 2.37. The fraction of sp³-hybridized carbons (Fsp3) is 0.0909. The van der Waals surface area contributed by atoms with Crippen molar-refractivity contribution in [2.45, 2.75) is 6.18 Å². The minimum atomic E-state index is -5.07. The van der Waals surface area contributed by atoms with Crippen LogP contribution >= 0.6 is 23.2 Å². The van der Waals surface area contributed by atoms with Crippen molar-refractivity contribution < 1.29 is 27.5 Å². The Kier molecular flexibility index (Phi) is 3.85. The van der Waals surface area contributed by atoms with Crippen molar-refractivity contribution in [2.24, 2.45) is 0 Å². The lowest BCUT2D eigenvalue weighted by molar-refractivity contribution is -0.141. The zero-order valence-electron chi connectivity index (χ0n) is 9.75. The van der Waals surface area contributed by atoms with Crippen LogP contribution in [-0.4, -0.2) is 20.9 Å². The summed E-state index contributed by atoms with van der Waals surface area (Å²) < 4.78 is 52.4. The van der Waals surface area contributed by atoms with Crippen LogP contribution in [0.15, 0.2) is 18.2 Å². The molecule has 0 atom stereocenters. The third kappa shape index (κ3) is 2.68. The number of hydrogen-bond donors (Lipinski definition) is 1. The fourth-order valence-electron chi connectivity index (χ4n) is 1.62. The van der Waals surface area contributed by atoms with E-state index >= 15 is 0 Å². The van der Waals surface area contributed by atoms with Gasteiger partial charge in [0.25, 0.3) is 0 Å². The topological polar surface area (TPSA) is 55.1 Å². The van der Waals surface area contributed by atoms with Crippen LogP contribution in [0, 0.1) is 5.82 Å². The van der Waals surface area contributed by atoms with Gasteiger partial charge in [0.2, 0.25) is 0 Å². The monoisotopic (exact) mass is 342 g/mol. The van der Waals surface area contributed by atoms with Crippen molar-refractivity contribution >= 4 is 29.2 Å². The van der Waals surface area contributed by atoms with Gasteiger partial charge in [-0.1, -0.05) is 29.3 Å². The number of rotatable bonds is 2. The van der Waals surface area contributed by atoms with E-state index in [1.54, 1.807) is 0 Å². The number of para-hydroxylation sites is 1. The average molecular weight is 343 g/mol. The minimum absolute atomic E-state index is 0.273. The van der Waals surface area contributed by atoms with Gasteiger partial charge in [-0.05, 0) is 12.1 Å². The summed E-state index contributed by atoms with van der Waals surface area (Å²) in [5, 5.41) is 10.7. The standard InChI is InChI=1S/C11H4Cl2F4N2O2/c12-4-2-1-3-5(14)7(4)19-9(13)6(10(20)21)8(18-19)11(15,16)17/h1-3H,(H,20,21). The Morgan fingerprint density at radius 3 is 2.33 bits per heavy atom. The predicted octanol–water partition coefficient (Wildman–Crippen LogP) is 4.04. The highest BCUT2D eigenvalue weighted by molar-refractivity contribution is 6.34. The summed E-state index contributed by atoms with van der Waals surface area (Å²) in [6.07, 6.45) is -5.07. The molecule has 0 saturated heterocycles. The van der Waals surface area contributed by atoms with Crippen LogP contribution in [0.2, 0.25) is 10.2 Å². The number of carboxylic acid groups (broad SMARTS) is 1. The van der Waals surface area contributed by atoms with Crippen LogP contribution in [0.5, 0.6) is 0 Å². The highest BCUT2D eigenvalue weighted by atomic mass is 35.5. The zero-order valence-corrected chi connectivity index (χ0v) is 11.3. The number of carbonyl (C=O) groups is 1. The van der Waals surface area contributed by atoms with E-state index in [2.05, 4.69) is 5.10 Å². The number of hydrogen-bond acceptors (Lipinski definition) is 2. The first-order chi connectivity index (χ1) is 9.64. The van der Waals surface area contributed by atoms with Gasteiger partial charge in [-0.25, -0.2) is 13.9 Å². The third-order valence-corrected chi connectivity index (χ3v) is 3.11. The second-order valence-electron chi connectivity index (χ2n) is 3.80. The number of nitrogens with zero attached hydrogens (tertiary/aromatic N) is 2. The second-order valence-corrected chi connectivity index (χ2v) is 4.56. The molecular formula is C11H4Cl2F4N2O2. The van der Waals surface area contributed by atoms with E-state index in [1.807, 2.05) is 0 Å². The van der Waals surface area contributed by atoms with Crippen LogP contribution in [0.1, 0.15) is 16.1 Å². The molecule has 0 amide bonds. The Morgan fingerprint density at radius 1 is 1.29 bits per heavy atom. The molecule has 0 aliphatic carbocycles. The van der Waals surface area contributed by atoms with Gasteiger partial charge < -0.3 is 5.11 Å². The molecule has 0 unspecified atom stereocenters. The number of alkyl halides is 3. The molecule has 0 aliphatic heterocycles. The number of aromatic carboxylic acids is 1. The molecule has 0 fully saturated rings. The van der Waals surface area contributed by atoms with Gasteiger partial charge in [-0.15, -0.1) is 0 Å². The Morgan fingerprint density at radius 2 is 1.90 bits per heavy atom. The number of halogens is 6. The Balaban J connectivity index is 2.81. The van der Waals surface area contributed by atoms with Crippen LogP contribution < -0.4 is 0 Å². The molecule has 1 heterocycles. The lowest BCUT2D eigenvalue weighted by atomic mass is 10.2. The van der Waals surface area contributed by atoms with E-state index < -0.39 is 40.1 Å². The van der Waals surface area contributed by atoms with E-state index in [-0.39, 0.29) is 5.02 Å². The van der Waals surface area contributed by atoms with Crippen molar-refractivity contribution in [1.82, 2.24) is 9.78 Å². The summed E-state index contributed by atoms with van der Waals surface area (Å²) in [6, 6.07) is 3.35. The van der Waals surface area contributed by atoms with Crippen molar-refractivity contribution in [3.05, 3.63) is 45.4 Å². The second kappa shape index (κ2) is 5.19. The molecule has 0 spiro atoms. The maximum atomic E-state index is 13.7. The normalized spacial score (nSPS) is 11.7. The quantitative estimate of drug-likeness (QED) is 0.838. The molecule has 4 nitrogen and oxygen atoms in total. The molecule has 2 rings (SSSR count). The SMILES string of the molecule is O=C(O)c1c(C(F)(F)F)nn(-c2c(F)cccc2Cl)c1Cl. The summed E-state index contributed by atoms with van der Waals surface area (Å²) in [6.45, 7) is 0. The van der Waals surface area contributed by atoms with Crippen molar-refractivity contribution in [3.63, 3.8) is 0 Å². The molecule has 0 saturated carbocycles. The number of carboxylic acids is 1. The van der Waals surface area contributed by atoms with Crippen molar-refractivity contribution in [2.75, 3.05) is 0 Å². The zero-order chi connectivity index (χ0) is 15.9. The van der Waals surface area contributed by atoms with Crippen LogP contribution in [0.25, 0.3) is 5.69 Å². The molecule has 0 bridgehead atoms. The summed E-state index contributed by atoms with van der Waals surface area (Å²) in [4.78, 5) is 10.9. The largest absolute Gasteiger partial charge is 0.478 e. The van der Waals surface area contributed by atoms with E-state index in [0.29, 0.717) is 4.68 Å². The van der Waals surface area contributed by atoms with Gasteiger partial charge >= 0.3 is 12.1 Å². The summed E-state index contributed by atoms with van der Waals surface area (Å²) in [5.74, 6) is -2.94. The van der Waals surface area contributed by atoms with E-state index in [0.717, 1.165) is 6.07 Å². The lowest BCUT2D eigenvalue weighted by Gasteiger charge is -2.06. The smallest absolute Gasteiger partial charge is 0.436 e. The van der Waals surface area contributed by atoms with Gasteiger partial charge in [-0.3, -0.25) is 0 Å². The first-order valence-electron chi connectivity index (χ1n) is 5.18. The maximum Gasteiger partial charge on any atom is 0.436 e. The summed E-state index contributed by atoms with van der Waals surface area (Å²) >= 11 is 11.3. The Bertz CT molecular complexity index is 707. The maximum absolute atomic E-state index is 13.7. The average Bonchev–Trinajstić information content (AvgIpc) is 2.67. The van der Waals surface area contributed by atoms with Crippen molar-refractivity contribution in [1.29, 1.82) is 0 Å². The lowest BCUT2D eigenvalue weighted by Crippen LogP contribution is -2.12. The third-order valence-electron chi connectivity index (χ3n) is 2.46. The molecule has 1 N–H and O–H groups in total. The highest BCUT2D eigenvalue weighted by Gasteiger charge is 2.42. The van der Waals surface area contributed by atoms with Gasteiger partial charge in [0, 0.05) is 0 Å². The molecule has 0 radical (unpaired) electrons. The van der Waals surface area contributed by atoms with Crippen LogP contribution in [0.3, 0.4) is 0 Å². The van der Waals surface area contributed by atoms with E-state index in [1.165, 1.54) is 12.1 Å². The molecule has 10 heteroatoms. The van der Waals surface area contributed by atoms with Gasteiger partial charge in [-0.2, -0.15) is 18.3 Å². The fourth-order valence-corrected chi connectivity index (χ4v) is 2.16. The number of aromatic nitrogens is 2. The molecule has 1 aromatic carbocycles. The minimum Gasteiger partial charge on any atom is -0.478 e. The molecular weight excluding hydrogens is 339 g/mol. The molecule has 1 aromatic heterocycles. The summed E-state index contributed by atoms with van der Waals surface area (Å²) in [7, 11) is 0. The molecule has 2 aromatic rings. The first-order valence-corrected chi connectivity index (χ1v) is 5.93. The van der Waals surface area contributed by atoms with Crippen LogP contribution in [0.4, 0.5) is 17.6 Å². The summed E-state index contributed by atoms with van der Waals surface area (Å²) in [5.41, 5.74) is -3.58. The van der Waals surface area contributed by atoms with Crippen molar-refractivity contribution in [3.8, 4) is 5.69 Å². The molecule has 112 valence electrons. The predicted molar refractivity (Wildman–Crippen MR) is 65.5 cm³/mol. The van der Waals surface area contributed by atoms with E-state index in [4.69, 9.17) is 28.3 Å². The van der Waals surface area contributed by atoms with Gasteiger partial charge in [0.15, 0.2) is 5.69 Å². The first kappa shape index (κ1) is 15.6. The van der Waals surface area contributed by atoms with Gasteiger partial charge in [0.1, 0.15) is 22.2 Å². The molecule has 21 heavy (non-hydrogen) atoms.